The van der Waals surface area contributed by atoms with E-state index in [1.165, 1.54) is 18.3 Å². The third-order valence-corrected chi connectivity index (χ3v) is 4.82. The molecule has 2 unspecified atom stereocenters. The Morgan fingerprint density at radius 1 is 1.27 bits per heavy atom. The van der Waals surface area contributed by atoms with E-state index < -0.39 is 36.1 Å². The number of nitrogens with one attached hydrogen (secondary N) is 1. The number of carboxylic acid groups (broad SMARTS) is 1. The van der Waals surface area contributed by atoms with Gasteiger partial charge in [0.05, 0.1) is 23.8 Å². The summed E-state index contributed by atoms with van der Waals surface area (Å²) >= 11 is 6.08. The Balaban J connectivity index is 1.73. The molecule has 3 heterocycles. The quantitative estimate of drug-likeness (QED) is 0.701. The van der Waals surface area contributed by atoms with Crippen LogP contribution >= 0.6 is 11.6 Å². The van der Waals surface area contributed by atoms with Crippen molar-refractivity contribution in [2.24, 2.45) is 0 Å². The molecule has 2 aromatic heterocycles. The molecular formula is C18H15ClF4N4O3. The van der Waals surface area contributed by atoms with Gasteiger partial charge >= 0.3 is 12.3 Å². The molecule has 1 saturated heterocycles. The van der Waals surface area contributed by atoms with Crippen molar-refractivity contribution in [3.05, 3.63) is 47.0 Å². The van der Waals surface area contributed by atoms with Crippen molar-refractivity contribution in [1.29, 1.82) is 0 Å². The molecule has 2 aromatic rings. The smallest absolute Gasteiger partial charge is 0.433 e. The lowest BCUT2D eigenvalue weighted by molar-refractivity contribution is -0.141. The van der Waals surface area contributed by atoms with Crippen LogP contribution in [0.5, 0.6) is 0 Å². The fourth-order valence-corrected chi connectivity index (χ4v) is 3.27. The molecule has 0 aromatic carbocycles. The van der Waals surface area contributed by atoms with Gasteiger partial charge in [0.15, 0.2) is 0 Å². The Labute approximate surface area is 172 Å². The minimum atomic E-state index is -4.57. The van der Waals surface area contributed by atoms with Crippen molar-refractivity contribution in [2.45, 2.75) is 31.4 Å². The Bertz CT molecular complexity index is 955. The van der Waals surface area contributed by atoms with Gasteiger partial charge in [0, 0.05) is 29.9 Å². The SMILES string of the molecule is O=C(NCc1cc(-c2ccc(C(F)(F)F)nc2)c(Cl)cn1)C1CC(F)CN1C(=O)O. The zero-order valence-electron chi connectivity index (χ0n) is 15.2. The van der Waals surface area contributed by atoms with E-state index >= 15 is 0 Å². The first-order valence-corrected chi connectivity index (χ1v) is 9.03. The summed E-state index contributed by atoms with van der Waals surface area (Å²) in [7, 11) is 0. The topological polar surface area (TPSA) is 95.4 Å². The van der Waals surface area contributed by atoms with Crippen molar-refractivity contribution in [2.75, 3.05) is 6.54 Å². The van der Waals surface area contributed by atoms with E-state index in [-0.39, 0.29) is 24.5 Å². The van der Waals surface area contributed by atoms with Crippen molar-refractivity contribution in [3.8, 4) is 11.1 Å². The summed E-state index contributed by atoms with van der Waals surface area (Å²) in [6.07, 6.45) is -5.33. The van der Waals surface area contributed by atoms with E-state index in [1.807, 2.05) is 0 Å². The first kappa shape index (κ1) is 21.8. The molecular weight excluding hydrogens is 432 g/mol. The number of halogens is 5. The monoisotopic (exact) mass is 446 g/mol. The van der Waals surface area contributed by atoms with E-state index in [0.29, 0.717) is 16.8 Å². The number of alkyl halides is 4. The number of rotatable bonds is 4. The summed E-state index contributed by atoms with van der Waals surface area (Å²) in [6, 6.07) is 2.35. The summed E-state index contributed by atoms with van der Waals surface area (Å²) in [5, 5.41) is 11.7. The molecule has 7 nitrogen and oxygen atoms in total. The molecule has 2 atom stereocenters. The minimum Gasteiger partial charge on any atom is -0.465 e. The van der Waals surface area contributed by atoms with E-state index in [1.54, 1.807) is 0 Å². The number of hydrogen-bond donors (Lipinski definition) is 2. The lowest BCUT2D eigenvalue weighted by atomic mass is 10.1. The average Bonchev–Trinajstić information content (AvgIpc) is 3.09. The maximum absolute atomic E-state index is 13.5. The van der Waals surface area contributed by atoms with Crippen LogP contribution in [-0.2, 0) is 17.5 Å². The maximum Gasteiger partial charge on any atom is 0.433 e. The van der Waals surface area contributed by atoms with Gasteiger partial charge in [-0.05, 0) is 12.1 Å². The highest BCUT2D eigenvalue weighted by atomic mass is 35.5. The molecule has 2 amide bonds. The number of likely N-dealkylation sites (tertiary alicyclic amines) is 1. The van der Waals surface area contributed by atoms with Crippen LogP contribution in [0.4, 0.5) is 22.4 Å². The van der Waals surface area contributed by atoms with Crippen molar-refractivity contribution >= 4 is 23.6 Å². The van der Waals surface area contributed by atoms with E-state index in [0.717, 1.165) is 17.2 Å². The van der Waals surface area contributed by atoms with E-state index in [4.69, 9.17) is 16.7 Å². The summed E-state index contributed by atoms with van der Waals surface area (Å²) in [5.74, 6) is -0.674. The molecule has 3 rings (SSSR count). The average molecular weight is 447 g/mol. The van der Waals surface area contributed by atoms with E-state index in [9.17, 15) is 27.2 Å². The number of aromatic nitrogens is 2. The third-order valence-electron chi connectivity index (χ3n) is 4.52. The lowest BCUT2D eigenvalue weighted by Gasteiger charge is -2.20. The molecule has 0 aliphatic carbocycles. The van der Waals surface area contributed by atoms with Crippen LogP contribution < -0.4 is 5.32 Å². The molecule has 0 spiro atoms. The van der Waals surface area contributed by atoms with Crippen LogP contribution in [0.15, 0.2) is 30.6 Å². The second-order valence-corrected chi connectivity index (χ2v) is 6.99. The molecule has 1 fully saturated rings. The van der Waals surface area contributed by atoms with Gasteiger partial charge in [0.1, 0.15) is 17.9 Å². The van der Waals surface area contributed by atoms with Gasteiger partial charge in [-0.1, -0.05) is 17.7 Å². The van der Waals surface area contributed by atoms with Crippen LogP contribution in [0.2, 0.25) is 5.02 Å². The molecule has 30 heavy (non-hydrogen) atoms. The normalized spacial score (nSPS) is 19.0. The van der Waals surface area contributed by atoms with Gasteiger partial charge in [-0.2, -0.15) is 13.2 Å². The second kappa shape index (κ2) is 8.42. The van der Waals surface area contributed by atoms with Gasteiger partial charge in [-0.3, -0.25) is 19.7 Å². The fourth-order valence-electron chi connectivity index (χ4n) is 3.06. The molecule has 1 aliphatic heterocycles. The molecule has 0 bridgehead atoms. The number of carbonyl (C=O) groups excluding carboxylic acids is 1. The lowest BCUT2D eigenvalue weighted by Crippen LogP contribution is -2.45. The van der Waals surface area contributed by atoms with E-state index in [2.05, 4.69) is 15.3 Å². The van der Waals surface area contributed by atoms with Gasteiger partial charge in [0.25, 0.3) is 0 Å². The predicted octanol–water partition coefficient (Wildman–Crippen LogP) is 3.52. The first-order chi connectivity index (χ1) is 14.1. The van der Waals surface area contributed by atoms with Crippen molar-refractivity contribution in [1.82, 2.24) is 20.2 Å². The van der Waals surface area contributed by atoms with Crippen molar-refractivity contribution in [3.63, 3.8) is 0 Å². The highest BCUT2D eigenvalue weighted by Gasteiger charge is 2.39. The van der Waals surface area contributed by atoms with Crippen molar-refractivity contribution < 1.29 is 32.3 Å². The Morgan fingerprint density at radius 2 is 2.00 bits per heavy atom. The number of amides is 2. The summed E-state index contributed by atoms with van der Waals surface area (Å²) in [5.41, 5.74) is -0.0565. The second-order valence-electron chi connectivity index (χ2n) is 6.59. The first-order valence-electron chi connectivity index (χ1n) is 8.65. The highest BCUT2D eigenvalue weighted by Crippen LogP contribution is 2.31. The number of hydrogen-bond acceptors (Lipinski definition) is 4. The maximum atomic E-state index is 13.5. The Hall–Kier alpha value is -2.95. The van der Waals surface area contributed by atoms with Crippen LogP contribution in [-0.4, -0.2) is 50.7 Å². The third kappa shape index (κ3) is 4.78. The molecule has 1 aliphatic rings. The number of nitrogens with zero attached hydrogens (tertiary/aromatic N) is 3. The van der Waals surface area contributed by atoms with Gasteiger partial charge in [0.2, 0.25) is 5.91 Å². The number of pyridine rings is 2. The summed E-state index contributed by atoms with van der Waals surface area (Å²) in [4.78, 5) is 31.6. The van der Waals surface area contributed by atoms with Gasteiger partial charge < -0.3 is 10.4 Å². The minimum absolute atomic E-state index is 0.113. The summed E-state index contributed by atoms with van der Waals surface area (Å²) < 4.78 is 51.5. The van der Waals surface area contributed by atoms with Gasteiger partial charge in [-0.15, -0.1) is 0 Å². The highest BCUT2D eigenvalue weighted by molar-refractivity contribution is 6.33. The van der Waals surface area contributed by atoms with Gasteiger partial charge in [-0.25, -0.2) is 9.18 Å². The standard InChI is InChI=1S/C18H15ClF4N4O3/c19-13-7-24-11(4-12(13)9-1-2-15(25-5-9)18(21,22)23)6-26-16(28)14-3-10(20)8-27(14)17(29)30/h1-2,4-5,7,10,14H,3,6,8H2,(H,26,28)(H,29,30). The number of carbonyl (C=O) groups is 2. The molecule has 160 valence electrons. The Morgan fingerprint density at radius 3 is 2.60 bits per heavy atom. The fraction of sp³-hybridized carbons (Fsp3) is 0.333. The molecule has 12 heteroatoms. The molecule has 2 N–H and O–H groups in total. The van der Waals surface area contributed by atoms with Crippen LogP contribution in [0.1, 0.15) is 17.8 Å². The van der Waals surface area contributed by atoms with Crippen LogP contribution in [0, 0.1) is 0 Å². The molecule has 0 radical (unpaired) electrons. The van der Waals surface area contributed by atoms with Crippen LogP contribution in [0.3, 0.4) is 0 Å². The summed E-state index contributed by atoms with van der Waals surface area (Å²) in [6.45, 7) is -0.490. The Kier molecular flexibility index (Phi) is 6.11. The largest absolute Gasteiger partial charge is 0.465 e. The zero-order chi connectivity index (χ0) is 22.1. The molecule has 0 saturated carbocycles. The van der Waals surface area contributed by atoms with Crippen LogP contribution in [0.25, 0.3) is 11.1 Å². The predicted molar refractivity (Wildman–Crippen MR) is 97.4 cm³/mol. The zero-order valence-corrected chi connectivity index (χ0v) is 15.9.